The molecule has 4 aliphatic heterocycles. The molecular weight excluding hydrogens is 504 g/mol. The summed E-state index contributed by atoms with van der Waals surface area (Å²) in [7, 11) is 4.14. The molecule has 0 aliphatic carbocycles. The number of nitrogens with zero attached hydrogens (tertiary/aromatic N) is 5. The van der Waals surface area contributed by atoms with Crippen molar-refractivity contribution in [2.45, 2.75) is 46.6 Å². The van der Waals surface area contributed by atoms with Gasteiger partial charge in [0.2, 0.25) is 5.95 Å². The Bertz CT molecular complexity index is 1240. The molecule has 2 aromatic carbocycles. The van der Waals surface area contributed by atoms with E-state index in [0.717, 1.165) is 36.3 Å². The average molecular weight is 547 g/mol. The Kier molecular flexibility index (Phi) is 9.93. The third-order valence-corrected chi connectivity index (χ3v) is 6.61. The fourth-order valence-electron chi connectivity index (χ4n) is 5.03. The molecule has 0 atom stereocenters. The molecule has 1 amide bonds. The molecule has 214 valence electrons. The zero-order valence-electron chi connectivity index (χ0n) is 24.4. The fourth-order valence-corrected chi connectivity index (χ4v) is 5.03. The first-order valence-electron chi connectivity index (χ1n) is 14.1. The number of carbonyl (C=O) groups is 1. The van der Waals surface area contributed by atoms with Crippen molar-refractivity contribution in [1.82, 2.24) is 24.8 Å². The van der Waals surface area contributed by atoms with Crippen LogP contribution in [0.15, 0.2) is 48.5 Å². The minimum Gasteiger partial charge on any atom is -0.494 e. The number of rotatable bonds is 6. The number of benzene rings is 2. The van der Waals surface area contributed by atoms with Gasteiger partial charge in [0.15, 0.2) is 0 Å². The van der Waals surface area contributed by atoms with Gasteiger partial charge < -0.3 is 24.6 Å². The summed E-state index contributed by atoms with van der Waals surface area (Å²) in [6.45, 7) is 10.2. The van der Waals surface area contributed by atoms with Crippen molar-refractivity contribution in [2.75, 3.05) is 52.3 Å². The Morgan fingerprint density at radius 3 is 2.42 bits per heavy atom. The molecule has 0 fully saturated rings. The highest BCUT2D eigenvalue weighted by molar-refractivity contribution is 5.94. The number of hydrogen-bond donors (Lipinski definition) is 1. The monoisotopic (exact) mass is 546 g/mol. The van der Waals surface area contributed by atoms with Crippen molar-refractivity contribution in [3.05, 3.63) is 71.0 Å². The lowest BCUT2D eigenvalue weighted by Gasteiger charge is -2.35. The normalized spacial score (nSPS) is 14.9. The molecule has 0 saturated heterocycles. The Hall–Kier alpha value is -3.72. The van der Waals surface area contributed by atoms with Crippen molar-refractivity contribution in [2.24, 2.45) is 5.41 Å². The van der Waals surface area contributed by atoms with Gasteiger partial charge in [-0.1, -0.05) is 38.1 Å². The quantitative estimate of drug-likeness (QED) is 0.477. The molecule has 0 spiro atoms. The van der Waals surface area contributed by atoms with Crippen LogP contribution < -0.4 is 14.8 Å². The van der Waals surface area contributed by atoms with Gasteiger partial charge in [-0.05, 0) is 74.7 Å². The minimum atomic E-state index is -0.0493. The predicted octanol–water partition coefficient (Wildman–Crippen LogP) is 4.68. The molecular formula is C31H42N6O3. The van der Waals surface area contributed by atoms with Gasteiger partial charge in [0.25, 0.3) is 5.91 Å². The highest BCUT2D eigenvalue weighted by atomic mass is 16.5. The van der Waals surface area contributed by atoms with Crippen molar-refractivity contribution < 1.29 is 14.3 Å². The Morgan fingerprint density at radius 1 is 1.00 bits per heavy atom. The first-order valence-corrected chi connectivity index (χ1v) is 14.1. The van der Waals surface area contributed by atoms with Crippen LogP contribution in [0, 0.1) is 5.41 Å². The maximum atomic E-state index is 13.7. The summed E-state index contributed by atoms with van der Waals surface area (Å²) >= 11 is 0. The number of hydrogen-bond acceptors (Lipinski definition) is 8. The molecule has 0 radical (unpaired) electrons. The number of anilines is 1. The van der Waals surface area contributed by atoms with E-state index < -0.39 is 0 Å². The van der Waals surface area contributed by atoms with E-state index in [1.807, 2.05) is 60.4 Å². The molecule has 6 bridgehead atoms. The van der Waals surface area contributed by atoms with Gasteiger partial charge in [-0.2, -0.15) is 15.0 Å². The lowest BCUT2D eigenvalue weighted by Crippen LogP contribution is -2.43. The first-order chi connectivity index (χ1) is 19.2. The molecule has 5 heterocycles. The SMILES string of the molecule is CCOc1nc2nc(n1)NCc1ccc(cc1)OCCCCN(CC(C)(C)CN(C)C)C(=O)c1ccc(cc1)C2. The number of nitrogens with one attached hydrogen (secondary N) is 1. The number of carbonyl (C=O) groups excluding carboxylic acids is 1. The van der Waals surface area contributed by atoms with E-state index in [2.05, 4.69) is 53.1 Å². The van der Waals surface area contributed by atoms with E-state index in [0.29, 0.717) is 62.6 Å². The van der Waals surface area contributed by atoms with Gasteiger partial charge >= 0.3 is 6.01 Å². The van der Waals surface area contributed by atoms with Gasteiger partial charge in [-0.3, -0.25) is 4.79 Å². The van der Waals surface area contributed by atoms with E-state index in [4.69, 9.17) is 9.47 Å². The third kappa shape index (κ3) is 8.64. The van der Waals surface area contributed by atoms with Crippen LogP contribution in [0.5, 0.6) is 11.8 Å². The maximum Gasteiger partial charge on any atom is 0.321 e. The lowest BCUT2D eigenvalue weighted by atomic mass is 9.91. The molecule has 40 heavy (non-hydrogen) atoms. The van der Waals surface area contributed by atoms with Gasteiger partial charge in [-0.15, -0.1) is 0 Å². The first kappa shape index (κ1) is 29.3. The van der Waals surface area contributed by atoms with Crippen LogP contribution >= 0.6 is 0 Å². The second-order valence-corrected chi connectivity index (χ2v) is 11.3. The summed E-state index contributed by atoms with van der Waals surface area (Å²) < 4.78 is 11.6. The largest absolute Gasteiger partial charge is 0.494 e. The van der Waals surface area contributed by atoms with E-state index in [9.17, 15) is 4.79 Å². The number of amides is 1. The summed E-state index contributed by atoms with van der Waals surface area (Å²) in [4.78, 5) is 31.4. The summed E-state index contributed by atoms with van der Waals surface area (Å²) in [6, 6.07) is 16.1. The van der Waals surface area contributed by atoms with E-state index in [1.54, 1.807) is 0 Å². The number of aromatic nitrogens is 3. The summed E-state index contributed by atoms with van der Waals surface area (Å²) in [5.41, 5.74) is 2.73. The van der Waals surface area contributed by atoms with Gasteiger partial charge in [0, 0.05) is 38.2 Å². The van der Waals surface area contributed by atoms with Crippen LogP contribution in [0.25, 0.3) is 0 Å². The average Bonchev–Trinajstić information content (AvgIpc) is 2.91. The number of ether oxygens (including phenoxy) is 2. The second kappa shape index (κ2) is 13.6. The van der Waals surface area contributed by atoms with Crippen LogP contribution in [-0.4, -0.2) is 77.6 Å². The molecule has 7 rings (SSSR count). The van der Waals surface area contributed by atoms with E-state index in [-0.39, 0.29) is 11.3 Å². The molecule has 1 N–H and O–H groups in total. The molecule has 9 nitrogen and oxygen atoms in total. The molecule has 0 saturated carbocycles. The lowest BCUT2D eigenvalue weighted by molar-refractivity contribution is 0.0651. The Balaban J connectivity index is 1.61. The highest BCUT2D eigenvalue weighted by Gasteiger charge is 2.26. The third-order valence-electron chi connectivity index (χ3n) is 6.61. The zero-order chi connectivity index (χ0) is 28.5. The van der Waals surface area contributed by atoms with Crippen LogP contribution in [0.1, 0.15) is 60.9 Å². The summed E-state index contributed by atoms with van der Waals surface area (Å²) in [6.07, 6.45) is 2.23. The zero-order valence-corrected chi connectivity index (χ0v) is 24.4. The summed E-state index contributed by atoms with van der Waals surface area (Å²) in [5.74, 6) is 1.94. The topological polar surface area (TPSA) is 92.7 Å². The Labute approximate surface area is 237 Å². The van der Waals surface area contributed by atoms with Crippen molar-refractivity contribution in [3.8, 4) is 11.8 Å². The van der Waals surface area contributed by atoms with Crippen molar-refractivity contribution in [3.63, 3.8) is 0 Å². The molecule has 3 aromatic rings. The molecule has 1 aromatic heterocycles. The molecule has 4 aliphatic rings. The highest BCUT2D eigenvalue weighted by Crippen LogP contribution is 2.21. The minimum absolute atomic E-state index is 0.0473. The van der Waals surface area contributed by atoms with E-state index >= 15 is 0 Å². The van der Waals surface area contributed by atoms with Crippen LogP contribution in [-0.2, 0) is 13.0 Å². The summed E-state index contributed by atoms with van der Waals surface area (Å²) in [5, 5.41) is 3.29. The standard InChI is InChI=1S/C31H42N6O3/c1-6-39-30-34-27-19-23-9-13-25(14-10-23)28(38)37(22-31(2,3)21-36(4)5)17-7-8-18-40-26-15-11-24(12-16-26)20-32-29(33-27)35-30/h9-16H,6-8,17-22H2,1-5H3,(H,32,33,34,35). The predicted molar refractivity (Wildman–Crippen MR) is 157 cm³/mol. The molecule has 0 unspecified atom stereocenters. The van der Waals surface area contributed by atoms with Crippen LogP contribution in [0.2, 0.25) is 0 Å². The van der Waals surface area contributed by atoms with Gasteiger partial charge in [0.1, 0.15) is 11.6 Å². The van der Waals surface area contributed by atoms with Crippen molar-refractivity contribution in [1.29, 1.82) is 0 Å². The molecule has 9 heteroatoms. The second-order valence-electron chi connectivity index (χ2n) is 11.3. The van der Waals surface area contributed by atoms with Gasteiger partial charge in [0.05, 0.1) is 13.2 Å². The van der Waals surface area contributed by atoms with Crippen LogP contribution in [0.4, 0.5) is 5.95 Å². The fraction of sp³-hybridized carbons (Fsp3) is 0.484. The van der Waals surface area contributed by atoms with Gasteiger partial charge in [-0.25, -0.2) is 0 Å². The maximum absolute atomic E-state index is 13.7. The van der Waals surface area contributed by atoms with Crippen molar-refractivity contribution >= 4 is 11.9 Å². The Morgan fingerprint density at radius 2 is 1.73 bits per heavy atom. The van der Waals surface area contributed by atoms with Crippen LogP contribution in [0.3, 0.4) is 0 Å². The smallest absolute Gasteiger partial charge is 0.321 e. The van der Waals surface area contributed by atoms with E-state index in [1.165, 1.54) is 0 Å².